The molecule has 0 spiro atoms. The van der Waals surface area contributed by atoms with Gasteiger partial charge in [-0.05, 0) is 31.5 Å². The smallest absolute Gasteiger partial charge is 0.166 e. The highest BCUT2D eigenvalue weighted by Gasteiger charge is 2.19. The fraction of sp³-hybridized carbons (Fsp3) is 0.400. The summed E-state index contributed by atoms with van der Waals surface area (Å²) < 4.78 is 13.7. The summed E-state index contributed by atoms with van der Waals surface area (Å²) in [5.41, 5.74) is 6.12. The van der Waals surface area contributed by atoms with Crippen LogP contribution in [0.3, 0.4) is 0 Å². The van der Waals surface area contributed by atoms with Gasteiger partial charge in [-0.1, -0.05) is 15.9 Å². The van der Waals surface area contributed by atoms with E-state index in [1.165, 1.54) is 6.07 Å². The van der Waals surface area contributed by atoms with Crippen molar-refractivity contribution in [1.29, 1.82) is 0 Å². The minimum absolute atomic E-state index is 0.201. The molecule has 0 saturated heterocycles. The zero-order valence-electron chi connectivity index (χ0n) is 8.30. The zero-order valence-corrected chi connectivity index (χ0v) is 9.88. The average molecular weight is 278 g/mol. The molecule has 0 radical (unpaired) electrons. The van der Waals surface area contributed by atoms with E-state index in [1.54, 1.807) is 6.92 Å². The highest BCUT2D eigenvalue weighted by atomic mass is 79.9. The maximum absolute atomic E-state index is 13.2. The number of nitrogens with two attached hydrogens (primary N) is 1. The van der Waals surface area contributed by atoms with Gasteiger partial charge in [0.05, 0.1) is 6.10 Å². The van der Waals surface area contributed by atoms with Crippen molar-refractivity contribution in [3.8, 4) is 5.75 Å². The van der Waals surface area contributed by atoms with E-state index in [4.69, 9.17) is 5.73 Å². The number of hydrogen-bond donors (Lipinski definition) is 3. The second kappa shape index (κ2) is 4.92. The van der Waals surface area contributed by atoms with Crippen LogP contribution in [0.1, 0.15) is 23.7 Å². The Balaban J connectivity index is 3.26. The van der Waals surface area contributed by atoms with Crippen LogP contribution in [-0.2, 0) is 0 Å². The van der Waals surface area contributed by atoms with E-state index in [2.05, 4.69) is 15.9 Å². The van der Waals surface area contributed by atoms with E-state index in [-0.39, 0.29) is 18.5 Å². The van der Waals surface area contributed by atoms with Crippen molar-refractivity contribution in [3.63, 3.8) is 0 Å². The Morgan fingerprint density at radius 2 is 2.20 bits per heavy atom. The average Bonchev–Trinajstić information content (AvgIpc) is 2.16. The van der Waals surface area contributed by atoms with Crippen LogP contribution in [-0.4, -0.2) is 16.8 Å². The van der Waals surface area contributed by atoms with Gasteiger partial charge in [0.15, 0.2) is 11.6 Å². The molecule has 0 saturated carbocycles. The summed E-state index contributed by atoms with van der Waals surface area (Å²) in [5.74, 6) is -1.25. The molecule has 0 aliphatic rings. The minimum atomic E-state index is -0.943. The molecule has 0 fully saturated rings. The molecule has 0 heterocycles. The monoisotopic (exact) mass is 277 g/mol. The van der Waals surface area contributed by atoms with E-state index in [0.29, 0.717) is 10.0 Å². The molecule has 15 heavy (non-hydrogen) atoms. The van der Waals surface area contributed by atoms with Crippen molar-refractivity contribution in [2.75, 3.05) is 6.54 Å². The SMILES string of the molecule is Cc1c(Br)cc(F)c(O)c1C(O)CCN. The van der Waals surface area contributed by atoms with E-state index in [0.717, 1.165) is 0 Å². The largest absolute Gasteiger partial charge is 0.505 e. The third-order valence-electron chi connectivity index (χ3n) is 2.27. The summed E-state index contributed by atoms with van der Waals surface area (Å²) in [7, 11) is 0. The van der Waals surface area contributed by atoms with Gasteiger partial charge in [0, 0.05) is 10.0 Å². The van der Waals surface area contributed by atoms with Gasteiger partial charge in [-0.2, -0.15) is 0 Å². The number of phenols is 1. The van der Waals surface area contributed by atoms with Gasteiger partial charge in [0.2, 0.25) is 0 Å². The number of aliphatic hydroxyl groups is 1. The van der Waals surface area contributed by atoms with Crippen molar-refractivity contribution >= 4 is 15.9 Å². The Morgan fingerprint density at radius 3 is 2.73 bits per heavy atom. The van der Waals surface area contributed by atoms with Gasteiger partial charge in [-0.3, -0.25) is 0 Å². The zero-order chi connectivity index (χ0) is 11.6. The summed E-state index contributed by atoms with van der Waals surface area (Å²) in [6, 6.07) is 1.17. The molecular weight excluding hydrogens is 265 g/mol. The quantitative estimate of drug-likeness (QED) is 0.792. The Labute approximate surface area is 95.9 Å². The van der Waals surface area contributed by atoms with Gasteiger partial charge >= 0.3 is 0 Å². The number of phenolic OH excluding ortho intramolecular Hbond substituents is 1. The number of benzene rings is 1. The van der Waals surface area contributed by atoms with Crippen LogP contribution in [0.2, 0.25) is 0 Å². The molecule has 1 aromatic rings. The topological polar surface area (TPSA) is 66.5 Å². The molecular formula is C10H13BrFNO2. The summed E-state index contributed by atoms with van der Waals surface area (Å²) >= 11 is 3.16. The first kappa shape index (κ1) is 12.4. The summed E-state index contributed by atoms with van der Waals surface area (Å²) in [6.45, 7) is 1.96. The standard InChI is InChI=1S/C10H13BrFNO2/c1-5-6(11)4-7(12)10(15)9(5)8(14)2-3-13/h4,8,14-15H,2-3,13H2,1H3. The fourth-order valence-electron chi connectivity index (χ4n) is 1.43. The number of rotatable bonds is 3. The maximum atomic E-state index is 13.2. The minimum Gasteiger partial charge on any atom is -0.505 e. The first-order valence-corrected chi connectivity index (χ1v) is 5.34. The number of aliphatic hydroxyl groups excluding tert-OH is 1. The van der Waals surface area contributed by atoms with E-state index in [9.17, 15) is 14.6 Å². The van der Waals surface area contributed by atoms with Crippen LogP contribution in [0.4, 0.5) is 4.39 Å². The molecule has 1 unspecified atom stereocenters. The molecule has 0 aromatic heterocycles. The molecule has 84 valence electrons. The van der Waals surface area contributed by atoms with Gasteiger partial charge in [-0.25, -0.2) is 4.39 Å². The molecule has 1 atom stereocenters. The Kier molecular flexibility index (Phi) is 4.07. The van der Waals surface area contributed by atoms with Crippen molar-refractivity contribution in [1.82, 2.24) is 0 Å². The summed E-state index contributed by atoms with van der Waals surface area (Å²) in [5, 5.41) is 19.2. The van der Waals surface area contributed by atoms with E-state index >= 15 is 0 Å². The summed E-state index contributed by atoms with van der Waals surface area (Å²) in [4.78, 5) is 0. The fourth-order valence-corrected chi connectivity index (χ4v) is 1.85. The van der Waals surface area contributed by atoms with Crippen molar-refractivity contribution in [2.45, 2.75) is 19.4 Å². The lowest BCUT2D eigenvalue weighted by Gasteiger charge is -2.16. The second-order valence-electron chi connectivity index (χ2n) is 3.32. The van der Waals surface area contributed by atoms with Crippen molar-refractivity contribution in [2.24, 2.45) is 5.73 Å². The third kappa shape index (κ3) is 2.48. The molecule has 5 heteroatoms. The number of hydrogen-bond acceptors (Lipinski definition) is 3. The van der Waals surface area contributed by atoms with Crippen LogP contribution in [0.25, 0.3) is 0 Å². The Bertz CT molecular complexity index is 345. The van der Waals surface area contributed by atoms with Crippen LogP contribution in [0.15, 0.2) is 10.5 Å². The maximum Gasteiger partial charge on any atom is 0.166 e. The van der Waals surface area contributed by atoms with Crippen LogP contribution in [0.5, 0.6) is 5.75 Å². The highest BCUT2D eigenvalue weighted by Crippen LogP contribution is 2.35. The van der Waals surface area contributed by atoms with Crippen LogP contribution >= 0.6 is 15.9 Å². The van der Waals surface area contributed by atoms with Crippen LogP contribution in [0, 0.1) is 12.7 Å². The molecule has 1 rings (SSSR count). The predicted molar refractivity (Wildman–Crippen MR) is 59.1 cm³/mol. The molecule has 3 nitrogen and oxygen atoms in total. The van der Waals surface area contributed by atoms with Gasteiger partial charge in [0.1, 0.15) is 0 Å². The molecule has 1 aromatic carbocycles. The predicted octanol–water partition coefficient (Wildman–Crippen LogP) is 1.98. The summed E-state index contributed by atoms with van der Waals surface area (Å²) in [6.07, 6.45) is -0.661. The lowest BCUT2D eigenvalue weighted by molar-refractivity contribution is 0.164. The van der Waals surface area contributed by atoms with E-state index in [1.807, 2.05) is 0 Å². The lowest BCUT2D eigenvalue weighted by atomic mass is 10.00. The van der Waals surface area contributed by atoms with E-state index < -0.39 is 17.7 Å². The third-order valence-corrected chi connectivity index (χ3v) is 3.09. The van der Waals surface area contributed by atoms with Crippen LogP contribution < -0.4 is 5.73 Å². The first-order valence-electron chi connectivity index (χ1n) is 4.54. The van der Waals surface area contributed by atoms with Crippen molar-refractivity contribution < 1.29 is 14.6 Å². The van der Waals surface area contributed by atoms with Gasteiger partial charge < -0.3 is 15.9 Å². The molecule has 4 N–H and O–H groups in total. The molecule has 0 amide bonds. The normalized spacial score (nSPS) is 12.9. The lowest BCUT2D eigenvalue weighted by Crippen LogP contribution is -2.09. The Hall–Kier alpha value is -0.650. The van der Waals surface area contributed by atoms with Gasteiger partial charge in [-0.15, -0.1) is 0 Å². The molecule has 0 aliphatic carbocycles. The first-order chi connectivity index (χ1) is 6.99. The number of halogens is 2. The highest BCUT2D eigenvalue weighted by molar-refractivity contribution is 9.10. The van der Waals surface area contributed by atoms with Gasteiger partial charge in [0.25, 0.3) is 0 Å². The molecule has 0 aliphatic heterocycles. The molecule has 0 bridgehead atoms. The van der Waals surface area contributed by atoms with Crippen molar-refractivity contribution in [3.05, 3.63) is 27.5 Å². The number of aromatic hydroxyl groups is 1. The Morgan fingerprint density at radius 1 is 1.60 bits per heavy atom. The second-order valence-corrected chi connectivity index (χ2v) is 4.17.